The number of para-hydroxylation sites is 1. The fraction of sp³-hybridized carbons (Fsp3) is 0.208. The lowest BCUT2D eigenvalue weighted by atomic mass is 10.2. The zero-order valence-corrected chi connectivity index (χ0v) is 19.5. The van der Waals surface area contributed by atoms with Gasteiger partial charge in [-0.05, 0) is 37.1 Å². The first kappa shape index (κ1) is 21.3. The summed E-state index contributed by atoms with van der Waals surface area (Å²) in [7, 11) is 3.46. The predicted octanol–water partition coefficient (Wildman–Crippen LogP) is 4.99. The molecule has 0 bridgehead atoms. The van der Waals surface area contributed by atoms with Crippen molar-refractivity contribution in [2.75, 3.05) is 14.1 Å². The van der Waals surface area contributed by atoms with E-state index < -0.39 is 0 Å². The van der Waals surface area contributed by atoms with Crippen LogP contribution in [0.2, 0.25) is 0 Å². The Morgan fingerprint density at radius 1 is 1.10 bits per heavy atom. The van der Waals surface area contributed by atoms with Crippen molar-refractivity contribution in [2.45, 2.75) is 24.3 Å². The number of nitrogens with zero attached hydrogens (tertiary/aromatic N) is 3. The molecule has 0 aliphatic rings. The second-order valence-corrected chi connectivity index (χ2v) is 9.85. The Bertz CT molecular complexity index is 1310. The van der Waals surface area contributed by atoms with E-state index in [-0.39, 0.29) is 16.7 Å². The Labute approximate surface area is 189 Å². The van der Waals surface area contributed by atoms with Crippen LogP contribution in [0.15, 0.2) is 70.6 Å². The van der Waals surface area contributed by atoms with Crippen LogP contribution >= 0.6 is 23.1 Å². The third-order valence-corrected chi connectivity index (χ3v) is 7.14. The lowest BCUT2D eigenvalue weighted by molar-refractivity contribution is -0.127. The molecule has 31 heavy (non-hydrogen) atoms. The molecule has 4 aromatic rings. The van der Waals surface area contributed by atoms with Gasteiger partial charge in [0.05, 0.1) is 16.3 Å². The van der Waals surface area contributed by atoms with Gasteiger partial charge in [0.2, 0.25) is 5.91 Å². The SMILES string of the molecule is Cc1ccccc1-n1c(SC(C)C(=O)N(C)C)nc2sc(-c3ccccc3)cc2c1=O. The monoisotopic (exact) mass is 449 g/mol. The second kappa shape index (κ2) is 8.69. The molecule has 4 rings (SSSR count). The smallest absolute Gasteiger partial charge is 0.267 e. The van der Waals surface area contributed by atoms with E-state index in [4.69, 9.17) is 4.98 Å². The number of carbonyl (C=O) groups is 1. The lowest BCUT2D eigenvalue weighted by Gasteiger charge is -2.19. The maximum absolute atomic E-state index is 13.7. The van der Waals surface area contributed by atoms with Gasteiger partial charge in [0.15, 0.2) is 5.16 Å². The van der Waals surface area contributed by atoms with E-state index in [1.54, 1.807) is 23.6 Å². The molecule has 0 N–H and O–H groups in total. The average Bonchev–Trinajstić information content (AvgIpc) is 3.19. The van der Waals surface area contributed by atoms with Gasteiger partial charge in [0.25, 0.3) is 5.56 Å². The number of rotatable bonds is 5. The highest BCUT2D eigenvalue weighted by atomic mass is 32.2. The van der Waals surface area contributed by atoms with Crippen LogP contribution in [0.1, 0.15) is 12.5 Å². The molecule has 0 aliphatic heterocycles. The number of amides is 1. The van der Waals surface area contributed by atoms with E-state index >= 15 is 0 Å². The van der Waals surface area contributed by atoms with Crippen molar-refractivity contribution in [3.05, 3.63) is 76.6 Å². The minimum Gasteiger partial charge on any atom is -0.348 e. The van der Waals surface area contributed by atoms with Crippen molar-refractivity contribution >= 4 is 39.2 Å². The van der Waals surface area contributed by atoms with Crippen LogP contribution in [0, 0.1) is 6.92 Å². The summed E-state index contributed by atoms with van der Waals surface area (Å²) in [6.07, 6.45) is 0. The number of thiophene rings is 1. The fourth-order valence-electron chi connectivity index (χ4n) is 3.38. The molecule has 0 aliphatic carbocycles. The minimum absolute atomic E-state index is 0.0215. The Morgan fingerprint density at radius 2 is 1.77 bits per heavy atom. The normalized spacial score (nSPS) is 12.1. The first-order valence-electron chi connectivity index (χ1n) is 9.92. The molecule has 1 atom stereocenters. The van der Waals surface area contributed by atoms with Crippen molar-refractivity contribution in [3.8, 4) is 16.1 Å². The molecule has 0 saturated heterocycles. The van der Waals surface area contributed by atoms with Crippen molar-refractivity contribution < 1.29 is 4.79 Å². The lowest BCUT2D eigenvalue weighted by Crippen LogP contribution is -2.31. The van der Waals surface area contributed by atoms with Crippen LogP contribution in [0.3, 0.4) is 0 Å². The van der Waals surface area contributed by atoms with E-state index in [0.29, 0.717) is 15.4 Å². The average molecular weight is 450 g/mol. The van der Waals surface area contributed by atoms with E-state index in [1.807, 2.05) is 74.5 Å². The standard InChI is InChI=1S/C24H23N3O2S2/c1-15-10-8-9-13-19(15)27-23(29)18-14-20(17-11-6-5-7-12-17)31-21(18)25-24(27)30-16(2)22(28)26(3)4/h5-14,16H,1-4H3. The van der Waals surface area contributed by atoms with Gasteiger partial charge < -0.3 is 4.90 Å². The third kappa shape index (κ3) is 4.16. The van der Waals surface area contributed by atoms with Crippen molar-refractivity contribution in [3.63, 3.8) is 0 Å². The molecule has 0 fully saturated rings. The van der Waals surface area contributed by atoms with Gasteiger partial charge in [-0.2, -0.15) is 0 Å². The van der Waals surface area contributed by atoms with Crippen molar-refractivity contribution in [1.29, 1.82) is 0 Å². The molecule has 5 nitrogen and oxygen atoms in total. The molecular formula is C24H23N3O2S2. The highest BCUT2D eigenvalue weighted by Gasteiger charge is 2.23. The van der Waals surface area contributed by atoms with Crippen LogP contribution in [0.25, 0.3) is 26.3 Å². The summed E-state index contributed by atoms with van der Waals surface area (Å²) in [6, 6.07) is 19.6. The van der Waals surface area contributed by atoms with E-state index in [9.17, 15) is 9.59 Å². The van der Waals surface area contributed by atoms with Gasteiger partial charge in [-0.15, -0.1) is 11.3 Å². The highest BCUT2D eigenvalue weighted by molar-refractivity contribution is 8.00. The van der Waals surface area contributed by atoms with Crippen molar-refractivity contribution in [1.82, 2.24) is 14.5 Å². The summed E-state index contributed by atoms with van der Waals surface area (Å²) >= 11 is 2.81. The number of hydrogen-bond acceptors (Lipinski definition) is 5. The van der Waals surface area contributed by atoms with Gasteiger partial charge in [-0.3, -0.25) is 14.2 Å². The van der Waals surface area contributed by atoms with Crippen LogP contribution < -0.4 is 5.56 Å². The fourth-order valence-corrected chi connectivity index (χ4v) is 5.53. The first-order valence-corrected chi connectivity index (χ1v) is 11.6. The van der Waals surface area contributed by atoms with Gasteiger partial charge in [0.1, 0.15) is 4.83 Å². The Kier molecular flexibility index (Phi) is 5.98. The summed E-state index contributed by atoms with van der Waals surface area (Å²) in [5, 5.41) is 0.738. The number of thioether (sulfide) groups is 1. The summed E-state index contributed by atoms with van der Waals surface area (Å²) in [5.41, 5.74) is 2.68. The van der Waals surface area contributed by atoms with Crippen LogP contribution in [-0.4, -0.2) is 39.7 Å². The Balaban J connectivity index is 1.93. The maximum Gasteiger partial charge on any atom is 0.267 e. The molecule has 2 aromatic carbocycles. The number of fused-ring (bicyclic) bond motifs is 1. The Morgan fingerprint density at radius 3 is 2.45 bits per heavy atom. The molecule has 158 valence electrons. The van der Waals surface area contributed by atoms with Gasteiger partial charge >= 0.3 is 0 Å². The molecule has 1 unspecified atom stereocenters. The molecule has 7 heteroatoms. The zero-order valence-electron chi connectivity index (χ0n) is 17.8. The topological polar surface area (TPSA) is 55.2 Å². The summed E-state index contributed by atoms with van der Waals surface area (Å²) in [4.78, 5) is 34.2. The van der Waals surface area contributed by atoms with E-state index in [2.05, 4.69) is 0 Å². The Hall–Kier alpha value is -2.90. The van der Waals surface area contributed by atoms with Gasteiger partial charge in [-0.25, -0.2) is 4.98 Å². The quantitative estimate of drug-likeness (QED) is 0.318. The van der Waals surface area contributed by atoms with Crippen LogP contribution in [0.4, 0.5) is 0 Å². The number of hydrogen-bond donors (Lipinski definition) is 0. The summed E-state index contributed by atoms with van der Waals surface area (Å²) < 4.78 is 1.64. The highest BCUT2D eigenvalue weighted by Crippen LogP contribution is 2.34. The van der Waals surface area contributed by atoms with Crippen molar-refractivity contribution in [2.24, 2.45) is 0 Å². The number of aromatic nitrogens is 2. The molecule has 0 spiro atoms. The van der Waals surface area contributed by atoms with Gasteiger partial charge in [-0.1, -0.05) is 60.3 Å². The molecule has 0 saturated carbocycles. The molecular weight excluding hydrogens is 426 g/mol. The number of aryl methyl sites for hydroxylation is 1. The zero-order chi connectivity index (χ0) is 22.1. The maximum atomic E-state index is 13.7. The molecule has 1 amide bonds. The van der Waals surface area contributed by atoms with E-state index in [1.165, 1.54) is 23.1 Å². The third-order valence-electron chi connectivity index (χ3n) is 5.02. The largest absolute Gasteiger partial charge is 0.348 e. The summed E-state index contributed by atoms with van der Waals surface area (Å²) in [5.74, 6) is -0.0215. The van der Waals surface area contributed by atoms with Gasteiger partial charge in [0, 0.05) is 19.0 Å². The molecule has 2 heterocycles. The summed E-state index contributed by atoms with van der Waals surface area (Å²) in [6.45, 7) is 3.81. The minimum atomic E-state index is -0.372. The first-order chi connectivity index (χ1) is 14.9. The van der Waals surface area contributed by atoms with Crippen LogP contribution in [0.5, 0.6) is 0 Å². The molecule has 2 aromatic heterocycles. The molecule has 0 radical (unpaired) electrons. The van der Waals surface area contributed by atoms with E-state index in [0.717, 1.165) is 21.7 Å². The number of benzene rings is 2. The van der Waals surface area contributed by atoms with Crippen LogP contribution in [-0.2, 0) is 4.79 Å². The number of carbonyl (C=O) groups excluding carboxylic acids is 1. The second-order valence-electron chi connectivity index (χ2n) is 7.51. The predicted molar refractivity (Wildman–Crippen MR) is 129 cm³/mol.